The van der Waals surface area contributed by atoms with Gasteiger partial charge in [0.15, 0.2) is 0 Å². The van der Waals surface area contributed by atoms with Gasteiger partial charge in [-0.05, 0) is 18.2 Å². The third kappa shape index (κ3) is 4.58. The smallest absolute Gasteiger partial charge is 0.254 e. The Morgan fingerprint density at radius 2 is 1.81 bits per heavy atom. The molecular weight excluding hydrogens is 342 g/mol. The molecule has 3 aromatic rings. The zero-order chi connectivity index (χ0) is 19.1. The van der Waals surface area contributed by atoms with Gasteiger partial charge in [0.25, 0.3) is 5.91 Å². The maximum atomic E-state index is 12.4. The quantitative estimate of drug-likeness (QED) is 0.523. The SMILES string of the molecule is N#CCC(=O)NN=Cc1cn(CC(=O)Nc2ccccc2)c2ccccc12. The number of para-hydroxylation sites is 2. The highest BCUT2D eigenvalue weighted by Gasteiger charge is 2.10. The third-order valence-electron chi connectivity index (χ3n) is 3.82. The number of nitriles is 1. The minimum atomic E-state index is -0.472. The van der Waals surface area contributed by atoms with Crippen LogP contribution in [0.1, 0.15) is 12.0 Å². The van der Waals surface area contributed by atoms with E-state index in [-0.39, 0.29) is 18.9 Å². The number of anilines is 1. The first-order valence-corrected chi connectivity index (χ1v) is 8.29. The highest BCUT2D eigenvalue weighted by atomic mass is 16.2. The summed E-state index contributed by atoms with van der Waals surface area (Å²) in [5.74, 6) is -0.618. The number of hydrogen-bond donors (Lipinski definition) is 2. The highest BCUT2D eigenvalue weighted by Crippen LogP contribution is 2.20. The van der Waals surface area contributed by atoms with Gasteiger partial charge in [-0.2, -0.15) is 10.4 Å². The lowest BCUT2D eigenvalue weighted by molar-refractivity contribution is -0.120. The van der Waals surface area contributed by atoms with E-state index in [1.54, 1.807) is 12.3 Å². The lowest BCUT2D eigenvalue weighted by Crippen LogP contribution is -2.18. The second kappa shape index (κ2) is 8.45. The average Bonchev–Trinajstić information content (AvgIpc) is 3.00. The van der Waals surface area contributed by atoms with Gasteiger partial charge in [-0.25, -0.2) is 5.43 Å². The summed E-state index contributed by atoms with van der Waals surface area (Å²) >= 11 is 0. The Morgan fingerprint density at radius 1 is 1.07 bits per heavy atom. The van der Waals surface area contributed by atoms with Crippen LogP contribution in [0.25, 0.3) is 10.9 Å². The van der Waals surface area contributed by atoms with Gasteiger partial charge in [-0.15, -0.1) is 0 Å². The third-order valence-corrected chi connectivity index (χ3v) is 3.82. The first kappa shape index (κ1) is 17.9. The Labute approximate surface area is 155 Å². The van der Waals surface area contributed by atoms with Crippen LogP contribution in [-0.2, 0) is 16.1 Å². The minimum Gasteiger partial charge on any atom is -0.337 e. The molecule has 0 fully saturated rings. The predicted molar refractivity (Wildman–Crippen MR) is 103 cm³/mol. The van der Waals surface area contributed by atoms with Crippen molar-refractivity contribution < 1.29 is 9.59 Å². The maximum Gasteiger partial charge on any atom is 0.254 e. The number of nitrogens with zero attached hydrogens (tertiary/aromatic N) is 3. The van der Waals surface area contributed by atoms with Gasteiger partial charge in [0.1, 0.15) is 13.0 Å². The van der Waals surface area contributed by atoms with Crippen LogP contribution in [-0.4, -0.2) is 22.6 Å². The van der Waals surface area contributed by atoms with Crippen molar-refractivity contribution in [2.45, 2.75) is 13.0 Å². The van der Waals surface area contributed by atoms with Crippen LogP contribution < -0.4 is 10.7 Å². The molecule has 0 aliphatic heterocycles. The van der Waals surface area contributed by atoms with E-state index in [1.165, 1.54) is 6.21 Å². The number of hydrazone groups is 1. The molecule has 27 heavy (non-hydrogen) atoms. The van der Waals surface area contributed by atoms with Crippen LogP contribution in [0.2, 0.25) is 0 Å². The molecule has 0 radical (unpaired) electrons. The Bertz CT molecular complexity index is 1030. The van der Waals surface area contributed by atoms with Gasteiger partial charge >= 0.3 is 0 Å². The fraction of sp³-hybridized carbons (Fsp3) is 0.100. The Balaban J connectivity index is 1.78. The summed E-state index contributed by atoms with van der Waals surface area (Å²) in [6, 6.07) is 18.6. The maximum absolute atomic E-state index is 12.4. The summed E-state index contributed by atoms with van der Waals surface area (Å²) in [5, 5.41) is 16.1. The van der Waals surface area contributed by atoms with E-state index in [0.717, 1.165) is 22.2 Å². The van der Waals surface area contributed by atoms with Crippen molar-refractivity contribution >= 4 is 34.6 Å². The average molecular weight is 359 g/mol. The summed E-state index contributed by atoms with van der Waals surface area (Å²) in [7, 11) is 0. The Kier molecular flexibility index (Phi) is 5.60. The summed E-state index contributed by atoms with van der Waals surface area (Å²) in [6.07, 6.45) is 3.05. The van der Waals surface area contributed by atoms with Crippen molar-refractivity contribution in [2.24, 2.45) is 5.10 Å². The largest absolute Gasteiger partial charge is 0.337 e. The van der Waals surface area contributed by atoms with Crippen LogP contribution in [0.15, 0.2) is 65.9 Å². The minimum absolute atomic E-state index is 0.143. The highest BCUT2D eigenvalue weighted by molar-refractivity contribution is 6.00. The molecule has 134 valence electrons. The number of hydrogen-bond acceptors (Lipinski definition) is 4. The standard InChI is InChI=1S/C20H17N5O2/c21-11-10-19(26)24-22-12-15-13-25(18-9-5-4-8-17(15)18)14-20(27)23-16-6-2-1-3-7-16/h1-9,12-13H,10,14H2,(H,23,27)(H,24,26). The number of amides is 2. The molecule has 0 aliphatic rings. The van der Waals surface area contributed by atoms with Crippen molar-refractivity contribution in [1.82, 2.24) is 9.99 Å². The second-order valence-corrected chi connectivity index (χ2v) is 5.77. The number of nitrogens with one attached hydrogen (secondary N) is 2. The molecule has 7 nitrogen and oxygen atoms in total. The van der Waals surface area contributed by atoms with E-state index < -0.39 is 5.91 Å². The van der Waals surface area contributed by atoms with Gasteiger partial charge in [-0.1, -0.05) is 36.4 Å². The predicted octanol–water partition coefficient (Wildman–Crippen LogP) is 2.64. The molecule has 3 rings (SSSR count). The summed E-state index contributed by atoms with van der Waals surface area (Å²) < 4.78 is 1.83. The monoisotopic (exact) mass is 359 g/mol. The van der Waals surface area contributed by atoms with Crippen LogP contribution in [0.4, 0.5) is 5.69 Å². The topological polar surface area (TPSA) is 99.3 Å². The number of carbonyl (C=O) groups is 2. The van der Waals surface area contributed by atoms with Crippen LogP contribution in [0.3, 0.4) is 0 Å². The van der Waals surface area contributed by atoms with Gasteiger partial charge in [0, 0.05) is 28.4 Å². The molecule has 0 bridgehead atoms. The molecule has 1 heterocycles. The fourth-order valence-corrected chi connectivity index (χ4v) is 2.67. The number of benzene rings is 2. The first-order chi connectivity index (χ1) is 13.2. The summed E-state index contributed by atoms with van der Waals surface area (Å²) in [4.78, 5) is 23.7. The molecule has 2 N–H and O–H groups in total. The van der Waals surface area contributed by atoms with Gasteiger partial charge in [0.2, 0.25) is 5.91 Å². The van der Waals surface area contributed by atoms with Crippen molar-refractivity contribution in [3.8, 4) is 6.07 Å². The van der Waals surface area contributed by atoms with E-state index in [0.29, 0.717) is 0 Å². The molecule has 1 aromatic heterocycles. The molecule has 0 aliphatic carbocycles. The molecule has 2 aromatic carbocycles. The van der Waals surface area contributed by atoms with Gasteiger partial charge in [0.05, 0.1) is 12.3 Å². The number of aromatic nitrogens is 1. The lowest BCUT2D eigenvalue weighted by atomic mass is 10.2. The van der Waals surface area contributed by atoms with Gasteiger partial charge in [-0.3, -0.25) is 9.59 Å². The Hall–Kier alpha value is -3.92. The zero-order valence-corrected chi connectivity index (χ0v) is 14.4. The Morgan fingerprint density at radius 3 is 2.59 bits per heavy atom. The number of rotatable bonds is 6. The molecule has 0 atom stereocenters. The van der Waals surface area contributed by atoms with Gasteiger partial charge < -0.3 is 9.88 Å². The molecule has 7 heteroatoms. The van der Waals surface area contributed by atoms with E-state index in [4.69, 9.17) is 5.26 Å². The van der Waals surface area contributed by atoms with Crippen LogP contribution >= 0.6 is 0 Å². The number of fused-ring (bicyclic) bond motifs is 1. The molecule has 0 saturated carbocycles. The van der Waals surface area contributed by atoms with E-state index in [1.807, 2.05) is 59.2 Å². The van der Waals surface area contributed by atoms with E-state index in [2.05, 4.69) is 15.8 Å². The van der Waals surface area contributed by atoms with Crippen LogP contribution in [0.5, 0.6) is 0 Å². The summed E-state index contributed by atoms with van der Waals surface area (Å²) in [6.45, 7) is 0.143. The van der Waals surface area contributed by atoms with Crippen LogP contribution in [0, 0.1) is 11.3 Å². The summed E-state index contributed by atoms with van der Waals surface area (Å²) in [5.41, 5.74) is 4.68. The zero-order valence-electron chi connectivity index (χ0n) is 14.4. The molecule has 2 amide bonds. The fourth-order valence-electron chi connectivity index (χ4n) is 2.67. The first-order valence-electron chi connectivity index (χ1n) is 8.29. The van der Waals surface area contributed by atoms with Crippen molar-refractivity contribution in [3.05, 3.63) is 66.4 Å². The molecule has 0 unspecified atom stereocenters. The van der Waals surface area contributed by atoms with Crippen molar-refractivity contribution in [1.29, 1.82) is 5.26 Å². The second-order valence-electron chi connectivity index (χ2n) is 5.77. The lowest BCUT2D eigenvalue weighted by Gasteiger charge is -2.07. The molecule has 0 spiro atoms. The molecular formula is C20H17N5O2. The normalized spacial score (nSPS) is 10.6. The van der Waals surface area contributed by atoms with E-state index >= 15 is 0 Å². The van der Waals surface area contributed by atoms with Crippen molar-refractivity contribution in [3.63, 3.8) is 0 Å². The van der Waals surface area contributed by atoms with E-state index in [9.17, 15) is 9.59 Å². The van der Waals surface area contributed by atoms with Crippen molar-refractivity contribution in [2.75, 3.05) is 5.32 Å². The molecule has 0 saturated heterocycles. The number of carbonyl (C=O) groups excluding carboxylic acids is 2.